The van der Waals surface area contributed by atoms with Crippen LogP contribution in [-0.4, -0.2) is 20.4 Å². The fraction of sp³-hybridized carbons (Fsp3) is 0. The van der Waals surface area contributed by atoms with Crippen molar-refractivity contribution in [2.45, 2.75) is 0 Å². The molecule has 0 aromatic carbocycles. The Bertz CT molecular complexity index is 150. The van der Waals surface area contributed by atoms with Crippen LogP contribution in [0.3, 0.4) is 0 Å². The lowest BCUT2D eigenvalue weighted by molar-refractivity contribution is 1.09. The number of nitrogens with one attached hydrogen (secondary N) is 2. The Hall–Kier alpha value is -1.62. The van der Waals surface area contributed by atoms with Gasteiger partial charge in [-0.25, -0.2) is 0 Å². The van der Waals surface area contributed by atoms with Gasteiger partial charge in [-0.05, 0) is 12.1 Å². The Labute approximate surface area is 64.4 Å². The molecule has 0 atom stereocenters. The zero-order chi connectivity index (χ0) is 7.07. The lowest BCUT2D eigenvalue weighted by atomic mass is 10.8. The molecule has 2 rings (SSSR count). The van der Waals surface area contributed by atoms with Crippen molar-refractivity contribution in [3.63, 3.8) is 0 Å². The summed E-state index contributed by atoms with van der Waals surface area (Å²) >= 11 is 0. The molecule has 11 heavy (non-hydrogen) atoms. The van der Waals surface area contributed by atoms with E-state index in [0.29, 0.717) is 0 Å². The third kappa shape index (κ3) is 4.86. The maximum atomic E-state index is 3.60. The first-order valence-corrected chi connectivity index (χ1v) is 2.87. The molecule has 0 saturated carbocycles. The molecule has 3 radical (unpaired) electrons. The molecule has 0 fully saturated rings. The number of H-pyrrole nitrogens is 2. The van der Waals surface area contributed by atoms with E-state index in [9.17, 15) is 0 Å². The Kier molecular flexibility index (Phi) is 5.54. The molecule has 0 aliphatic heterocycles. The standard InChI is InChI=1S/2C3H4N2.N/c2*1-2-4-5-3-1;/h2*1-3H,(H,4,5);. The molecule has 0 aliphatic carbocycles. The lowest BCUT2D eigenvalue weighted by Crippen LogP contribution is -1.53. The van der Waals surface area contributed by atoms with Crippen LogP contribution in [0, 0.1) is 0 Å². The summed E-state index contributed by atoms with van der Waals surface area (Å²) in [5.41, 5.74) is 0. The summed E-state index contributed by atoms with van der Waals surface area (Å²) in [4.78, 5) is 0. The zero-order valence-corrected chi connectivity index (χ0v) is 5.81. The first-order chi connectivity index (χ1) is 5.00. The second kappa shape index (κ2) is 6.50. The Morgan fingerprint density at radius 2 is 1.27 bits per heavy atom. The largest absolute Gasteiger partial charge is 0.286 e. The van der Waals surface area contributed by atoms with Crippen molar-refractivity contribution in [2.75, 3.05) is 0 Å². The fourth-order valence-corrected chi connectivity index (χ4v) is 0.430. The van der Waals surface area contributed by atoms with E-state index in [2.05, 4.69) is 20.4 Å². The Balaban J connectivity index is 0.000000167. The summed E-state index contributed by atoms with van der Waals surface area (Å²) in [5, 5.41) is 12.4. The molecule has 2 aromatic heterocycles. The number of aromatic amines is 2. The maximum absolute atomic E-state index is 3.60. The van der Waals surface area contributed by atoms with Crippen LogP contribution >= 0.6 is 0 Å². The number of rotatable bonds is 0. The lowest BCUT2D eigenvalue weighted by Gasteiger charge is -1.49. The molecule has 2 heterocycles. The van der Waals surface area contributed by atoms with Gasteiger partial charge in [-0.1, -0.05) is 0 Å². The highest BCUT2D eigenvalue weighted by atomic mass is 15.1. The normalized spacial score (nSPS) is 7.27. The molecule has 5 nitrogen and oxygen atoms in total. The van der Waals surface area contributed by atoms with E-state index in [1.54, 1.807) is 24.8 Å². The van der Waals surface area contributed by atoms with Gasteiger partial charge in [-0.2, -0.15) is 10.2 Å². The van der Waals surface area contributed by atoms with Gasteiger partial charge in [0.25, 0.3) is 0 Å². The highest BCUT2D eigenvalue weighted by Gasteiger charge is 1.57. The average molecular weight is 150 g/mol. The average Bonchev–Trinajstić information content (AvgIpc) is 2.67. The molecular formula is C6H8N5. The van der Waals surface area contributed by atoms with Gasteiger partial charge in [0.1, 0.15) is 0 Å². The van der Waals surface area contributed by atoms with E-state index < -0.39 is 0 Å². The second-order valence-corrected chi connectivity index (χ2v) is 1.53. The van der Waals surface area contributed by atoms with E-state index in [0.717, 1.165) is 0 Å². The van der Waals surface area contributed by atoms with Crippen molar-refractivity contribution >= 4 is 0 Å². The monoisotopic (exact) mass is 150 g/mol. The van der Waals surface area contributed by atoms with Crippen LogP contribution < -0.4 is 6.15 Å². The quantitative estimate of drug-likeness (QED) is 0.567. The van der Waals surface area contributed by atoms with Crippen LogP contribution in [-0.2, 0) is 0 Å². The Morgan fingerprint density at radius 1 is 0.818 bits per heavy atom. The van der Waals surface area contributed by atoms with E-state index >= 15 is 0 Å². The molecule has 57 valence electrons. The summed E-state index contributed by atoms with van der Waals surface area (Å²) in [6.07, 6.45) is 6.92. The van der Waals surface area contributed by atoms with Gasteiger partial charge < -0.3 is 0 Å². The van der Waals surface area contributed by atoms with Gasteiger partial charge in [-0.3, -0.25) is 10.2 Å². The van der Waals surface area contributed by atoms with Crippen LogP contribution in [0.2, 0.25) is 0 Å². The van der Waals surface area contributed by atoms with Crippen molar-refractivity contribution in [1.29, 1.82) is 0 Å². The maximum Gasteiger partial charge on any atom is 0.0487 e. The summed E-state index contributed by atoms with van der Waals surface area (Å²) in [6.45, 7) is 0. The summed E-state index contributed by atoms with van der Waals surface area (Å²) in [6, 6.07) is 3.67. The summed E-state index contributed by atoms with van der Waals surface area (Å²) in [5.74, 6) is 0. The highest BCUT2D eigenvalue weighted by molar-refractivity contribution is 4.72. The van der Waals surface area contributed by atoms with Crippen LogP contribution in [0.1, 0.15) is 0 Å². The molecule has 0 bridgehead atoms. The molecule has 2 N–H and O–H groups in total. The molecule has 0 spiro atoms. The van der Waals surface area contributed by atoms with E-state index in [1.807, 2.05) is 12.1 Å². The molecule has 0 amide bonds. The second-order valence-electron chi connectivity index (χ2n) is 1.53. The molecule has 2 aromatic rings. The summed E-state index contributed by atoms with van der Waals surface area (Å²) in [7, 11) is 0. The molecule has 5 heteroatoms. The van der Waals surface area contributed by atoms with E-state index in [1.165, 1.54) is 0 Å². The van der Waals surface area contributed by atoms with Gasteiger partial charge in [0.05, 0.1) is 0 Å². The van der Waals surface area contributed by atoms with Gasteiger partial charge in [0.2, 0.25) is 0 Å². The topological polar surface area (TPSA) is 87.9 Å². The first kappa shape index (κ1) is 9.38. The van der Waals surface area contributed by atoms with Crippen LogP contribution in [0.15, 0.2) is 36.9 Å². The SMILES string of the molecule is [N].c1cn[nH]c1.c1cn[nH]c1. The van der Waals surface area contributed by atoms with Crippen molar-refractivity contribution < 1.29 is 0 Å². The van der Waals surface area contributed by atoms with Gasteiger partial charge >= 0.3 is 0 Å². The first-order valence-electron chi connectivity index (χ1n) is 2.87. The number of hydrogen-bond acceptors (Lipinski definition) is 2. The van der Waals surface area contributed by atoms with Gasteiger partial charge in [0.15, 0.2) is 0 Å². The van der Waals surface area contributed by atoms with E-state index in [-0.39, 0.29) is 6.15 Å². The minimum atomic E-state index is 0. The fourth-order valence-electron chi connectivity index (χ4n) is 0.430. The molecule has 0 aliphatic rings. The number of nitrogens with zero attached hydrogens (tertiary/aromatic N) is 3. The van der Waals surface area contributed by atoms with Crippen molar-refractivity contribution in [1.82, 2.24) is 26.5 Å². The predicted molar refractivity (Wildman–Crippen MR) is 39.3 cm³/mol. The minimum Gasteiger partial charge on any atom is -0.286 e. The van der Waals surface area contributed by atoms with Gasteiger partial charge in [-0.15, -0.1) is 0 Å². The highest BCUT2D eigenvalue weighted by Crippen LogP contribution is 1.65. The van der Waals surface area contributed by atoms with Crippen molar-refractivity contribution in [3.8, 4) is 0 Å². The van der Waals surface area contributed by atoms with E-state index in [4.69, 9.17) is 0 Å². The third-order valence-corrected chi connectivity index (χ3v) is 0.812. The van der Waals surface area contributed by atoms with Crippen molar-refractivity contribution in [2.24, 2.45) is 0 Å². The van der Waals surface area contributed by atoms with Crippen LogP contribution in [0.5, 0.6) is 0 Å². The van der Waals surface area contributed by atoms with Crippen LogP contribution in [0.4, 0.5) is 0 Å². The molecule has 0 saturated heterocycles. The molecule has 0 unspecified atom stereocenters. The smallest absolute Gasteiger partial charge is 0.0487 e. The number of hydrogen-bond donors (Lipinski definition) is 2. The van der Waals surface area contributed by atoms with Crippen LogP contribution in [0.25, 0.3) is 0 Å². The third-order valence-electron chi connectivity index (χ3n) is 0.812. The van der Waals surface area contributed by atoms with Crippen molar-refractivity contribution in [3.05, 3.63) is 36.9 Å². The predicted octanol–water partition coefficient (Wildman–Crippen LogP) is 0.339. The summed E-state index contributed by atoms with van der Waals surface area (Å²) < 4.78 is 0. The molecular weight excluding hydrogens is 142 g/mol. The Morgan fingerprint density at radius 3 is 1.36 bits per heavy atom. The zero-order valence-electron chi connectivity index (χ0n) is 5.81. The number of aromatic nitrogens is 4. The van der Waals surface area contributed by atoms with Gasteiger partial charge in [0, 0.05) is 30.9 Å². The minimum absolute atomic E-state index is 0.